The highest BCUT2D eigenvalue weighted by molar-refractivity contribution is 5.96. The molecule has 4 rings (SSSR count). The largest absolute Gasteiger partial charge is 0.508 e. The highest BCUT2D eigenvalue weighted by Crippen LogP contribution is 2.37. The molecule has 0 unspecified atom stereocenters. The lowest BCUT2D eigenvalue weighted by molar-refractivity contribution is -0.130. The van der Waals surface area contributed by atoms with Crippen LogP contribution in [0.3, 0.4) is 0 Å². The number of ether oxygens (including phenoxy) is 2. The molecule has 1 amide bonds. The Morgan fingerprint density at radius 3 is 2.48 bits per heavy atom. The van der Waals surface area contributed by atoms with E-state index in [1.165, 1.54) is 0 Å². The summed E-state index contributed by atoms with van der Waals surface area (Å²) in [4.78, 5) is 17.9. The number of phenolic OH excluding ortho intramolecular Hbond substituents is 1. The van der Waals surface area contributed by atoms with Gasteiger partial charge in [0.05, 0.1) is 12.6 Å². The Hall–Kier alpha value is -3.28. The third kappa shape index (κ3) is 3.97. The van der Waals surface area contributed by atoms with E-state index in [4.69, 9.17) is 9.47 Å². The summed E-state index contributed by atoms with van der Waals surface area (Å²) in [5, 5.41) is 10.5. The molecule has 0 spiro atoms. The second kappa shape index (κ2) is 7.99. The van der Waals surface area contributed by atoms with Crippen molar-refractivity contribution in [3.05, 3.63) is 48.7 Å². The number of benzene rings is 2. The first-order chi connectivity index (χ1) is 14.0. The van der Waals surface area contributed by atoms with Crippen molar-refractivity contribution in [2.24, 2.45) is 0 Å². The van der Waals surface area contributed by atoms with E-state index < -0.39 is 0 Å². The molecule has 3 aromatic rings. The monoisotopic (exact) mass is 392 g/mol. The first kappa shape index (κ1) is 19.1. The van der Waals surface area contributed by atoms with Gasteiger partial charge in [-0.1, -0.05) is 12.1 Å². The van der Waals surface area contributed by atoms with E-state index in [9.17, 15) is 9.90 Å². The second-order valence-corrected chi connectivity index (χ2v) is 7.25. The van der Waals surface area contributed by atoms with Crippen LogP contribution in [0.1, 0.15) is 19.8 Å². The predicted molar refractivity (Wildman–Crippen MR) is 111 cm³/mol. The average Bonchev–Trinajstić information content (AvgIpc) is 2.74. The van der Waals surface area contributed by atoms with Crippen molar-refractivity contribution >= 4 is 16.8 Å². The molecule has 0 saturated carbocycles. The number of aromatic nitrogens is 1. The van der Waals surface area contributed by atoms with E-state index >= 15 is 0 Å². The van der Waals surface area contributed by atoms with Crippen LogP contribution >= 0.6 is 0 Å². The fourth-order valence-electron chi connectivity index (χ4n) is 3.77. The fraction of sp³-hybridized carbons (Fsp3) is 0.304. The molecule has 150 valence electrons. The zero-order chi connectivity index (χ0) is 20.4. The van der Waals surface area contributed by atoms with Gasteiger partial charge in [0.25, 0.3) is 0 Å². The maximum absolute atomic E-state index is 11.5. The van der Waals surface area contributed by atoms with Gasteiger partial charge < -0.3 is 19.5 Å². The van der Waals surface area contributed by atoms with Gasteiger partial charge >= 0.3 is 0 Å². The number of hydrogen-bond donors (Lipinski definition) is 1. The highest BCUT2D eigenvalue weighted by Gasteiger charge is 2.23. The van der Waals surface area contributed by atoms with Crippen LogP contribution in [0.25, 0.3) is 22.0 Å². The molecule has 2 heterocycles. The molecule has 6 heteroatoms. The van der Waals surface area contributed by atoms with Gasteiger partial charge in [-0.2, -0.15) is 0 Å². The fourth-order valence-corrected chi connectivity index (χ4v) is 3.77. The second-order valence-electron chi connectivity index (χ2n) is 7.25. The normalized spacial score (nSPS) is 14.8. The van der Waals surface area contributed by atoms with Crippen molar-refractivity contribution < 1.29 is 19.4 Å². The molecular weight excluding hydrogens is 368 g/mol. The molecule has 0 radical (unpaired) electrons. The molecule has 0 aliphatic carbocycles. The lowest BCUT2D eigenvalue weighted by Gasteiger charge is -2.31. The Balaban J connectivity index is 1.64. The van der Waals surface area contributed by atoms with Crippen molar-refractivity contribution in [2.45, 2.75) is 25.9 Å². The van der Waals surface area contributed by atoms with E-state index in [-0.39, 0.29) is 17.8 Å². The molecule has 1 N–H and O–H groups in total. The predicted octanol–water partition coefficient (Wildman–Crippen LogP) is 4.01. The number of methoxy groups -OCH3 is 1. The number of phenols is 1. The summed E-state index contributed by atoms with van der Waals surface area (Å²) in [6.07, 6.45) is 3.40. The van der Waals surface area contributed by atoms with E-state index in [0.717, 1.165) is 34.9 Å². The van der Waals surface area contributed by atoms with Crippen molar-refractivity contribution in [2.75, 3.05) is 20.2 Å². The van der Waals surface area contributed by atoms with Gasteiger partial charge in [-0.05, 0) is 35.4 Å². The van der Waals surface area contributed by atoms with Gasteiger partial charge in [0.15, 0.2) is 11.5 Å². The zero-order valence-electron chi connectivity index (χ0n) is 16.6. The molecule has 29 heavy (non-hydrogen) atoms. The number of rotatable bonds is 4. The molecule has 0 atom stereocenters. The topological polar surface area (TPSA) is 71.9 Å². The minimum absolute atomic E-state index is 0.0391. The minimum Gasteiger partial charge on any atom is -0.508 e. The summed E-state index contributed by atoms with van der Waals surface area (Å²) in [5.74, 6) is 1.66. The van der Waals surface area contributed by atoms with E-state index in [1.807, 2.05) is 35.2 Å². The average molecular weight is 392 g/mol. The van der Waals surface area contributed by atoms with E-state index in [2.05, 4.69) is 4.98 Å². The summed E-state index contributed by atoms with van der Waals surface area (Å²) in [6, 6.07) is 12.9. The van der Waals surface area contributed by atoms with Crippen LogP contribution in [0, 0.1) is 0 Å². The summed E-state index contributed by atoms with van der Waals surface area (Å²) < 4.78 is 11.8. The Labute approximate surface area is 169 Å². The number of nitrogens with zero attached hydrogens (tertiary/aromatic N) is 2. The number of hydrogen-bond acceptors (Lipinski definition) is 5. The molecular formula is C23H24N2O4. The number of aromatic hydroxyl groups is 1. The molecule has 1 fully saturated rings. The van der Waals surface area contributed by atoms with Crippen LogP contribution in [0.5, 0.6) is 17.2 Å². The molecule has 1 saturated heterocycles. The molecule has 2 aromatic carbocycles. The summed E-state index contributed by atoms with van der Waals surface area (Å²) in [6.45, 7) is 3.02. The van der Waals surface area contributed by atoms with Crippen molar-refractivity contribution in [3.8, 4) is 28.4 Å². The quantitative estimate of drug-likeness (QED) is 0.726. The number of carbonyl (C=O) groups excluding carboxylic acids is 1. The van der Waals surface area contributed by atoms with Crippen molar-refractivity contribution in [3.63, 3.8) is 0 Å². The van der Waals surface area contributed by atoms with E-state index in [0.29, 0.717) is 24.6 Å². The highest BCUT2D eigenvalue weighted by atomic mass is 16.5. The van der Waals surface area contributed by atoms with Crippen LogP contribution in [0.2, 0.25) is 0 Å². The number of carbonyl (C=O) groups is 1. The van der Waals surface area contributed by atoms with Crippen molar-refractivity contribution in [1.82, 2.24) is 9.88 Å². The summed E-state index contributed by atoms with van der Waals surface area (Å²) in [5.41, 5.74) is 2.81. The maximum Gasteiger partial charge on any atom is 0.219 e. The van der Waals surface area contributed by atoms with Gasteiger partial charge in [0.2, 0.25) is 5.91 Å². The maximum atomic E-state index is 11.5. The standard InChI is InChI=1S/C23H24N2O4/c1-15(26)25-11-8-18(9-12-25)29-23-14-21-20(13-22(23)28-2)19(7-10-24-21)16-3-5-17(27)6-4-16/h3-7,10,13-14,18,27H,8-9,11-12H2,1-2H3. The lowest BCUT2D eigenvalue weighted by Crippen LogP contribution is -2.40. The summed E-state index contributed by atoms with van der Waals surface area (Å²) >= 11 is 0. The van der Waals surface area contributed by atoms with Crippen LogP contribution in [0.4, 0.5) is 0 Å². The molecule has 0 bridgehead atoms. The number of fused-ring (bicyclic) bond motifs is 1. The van der Waals surface area contributed by atoms with Crippen molar-refractivity contribution in [1.29, 1.82) is 0 Å². The van der Waals surface area contributed by atoms with Gasteiger partial charge in [-0.3, -0.25) is 9.78 Å². The Bertz CT molecular complexity index is 1020. The first-order valence-corrected chi connectivity index (χ1v) is 9.73. The smallest absolute Gasteiger partial charge is 0.219 e. The van der Waals surface area contributed by atoms with Crippen LogP contribution in [-0.4, -0.2) is 47.2 Å². The molecule has 1 aromatic heterocycles. The van der Waals surface area contributed by atoms with Crippen LogP contribution in [0.15, 0.2) is 48.7 Å². The lowest BCUT2D eigenvalue weighted by atomic mass is 10.0. The number of amides is 1. The third-order valence-corrected chi connectivity index (χ3v) is 5.39. The Morgan fingerprint density at radius 2 is 1.83 bits per heavy atom. The Kier molecular flexibility index (Phi) is 5.25. The molecule has 1 aliphatic rings. The SMILES string of the molecule is COc1cc2c(-c3ccc(O)cc3)ccnc2cc1OC1CCN(C(C)=O)CC1. The molecule has 1 aliphatic heterocycles. The van der Waals surface area contributed by atoms with Gasteiger partial charge in [-0.25, -0.2) is 0 Å². The van der Waals surface area contributed by atoms with Crippen LogP contribution < -0.4 is 9.47 Å². The van der Waals surface area contributed by atoms with Gasteiger partial charge in [0.1, 0.15) is 11.9 Å². The number of piperidine rings is 1. The number of pyridine rings is 1. The minimum atomic E-state index is 0.0391. The third-order valence-electron chi connectivity index (χ3n) is 5.39. The zero-order valence-corrected chi connectivity index (χ0v) is 16.6. The molecule has 6 nitrogen and oxygen atoms in total. The van der Waals surface area contributed by atoms with E-state index in [1.54, 1.807) is 32.4 Å². The van der Waals surface area contributed by atoms with Gasteiger partial charge in [-0.15, -0.1) is 0 Å². The summed E-state index contributed by atoms with van der Waals surface area (Å²) in [7, 11) is 1.63. The van der Waals surface area contributed by atoms with Crippen LogP contribution in [-0.2, 0) is 4.79 Å². The first-order valence-electron chi connectivity index (χ1n) is 9.73. The number of likely N-dealkylation sites (tertiary alicyclic amines) is 1. The Morgan fingerprint density at radius 1 is 1.10 bits per heavy atom. The van der Waals surface area contributed by atoms with Gasteiger partial charge in [0, 0.05) is 50.5 Å².